The molecular formula is C13H17BrO3. The highest BCUT2D eigenvalue weighted by Gasteiger charge is 2.16. The maximum absolute atomic E-state index is 11.5. The van der Waals surface area contributed by atoms with Crippen LogP contribution in [0.5, 0.6) is 5.75 Å². The number of ether oxygens (including phenoxy) is 2. The lowest BCUT2D eigenvalue weighted by atomic mass is 10.2. The van der Waals surface area contributed by atoms with E-state index in [0.29, 0.717) is 6.61 Å². The molecule has 17 heavy (non-hydrogen) atoms. The van der Waals surface area contributed by atoms with Gasteiger partial charge >= 0.3 is 5.97 Å². The highest BCUT2D eigenvalue weighted by atomic mass is 79.9. The van der Waals surface area contributed by atoms with E-state index in [1.54, 1.807) is 6.92 Å². The Hall–Kier alpha value is -1.03. The van der Waals surface area contributed by atoms with Gasteiger partial charge in [-0.2, -0.15) is 0 Å². The second-order valence-electron chi connectivity index (χ2n) is 4.15. The van der Waals surface area contributed by atoms with Crippen molar-refractivity contribution in [2.45, 2.75) is 26.9 Å². The fraction of sp³-hybridized carbons (Fsp3) is 0.462. The Bertz CT molecular complexity index is 359. The summed E-state index contributed by atoms with van der Waals surface area (Å²) in [6.07, 6.45) is -0.0855. The molecule has 1 atom stereocenters. The molecule has 1 aromatic carbocycles. The number of benzene rings is 1. The summed E-state index contributed by atoms with van der Waals surface area (Å²) in [5.74, 6) is 0.260. The zero-order valence-electron chi connectivity index (χ0n) is 10.3. The predicted octanol–water partition coefficient (Wildman–Crippen LogP) is 3.42. The van der Waals surface area contributed by atoms with Crippen LogP contribution in [0, 0.1) is 5.92 Å². The quantitative estimate of drug-likeness (QED) is 0.782. The fourth-order valence-electron chi connectivity index (χ4n) is 1.17. The molecule has 0 saturated heterocycles. The topological polar surface area (TPSA) is 35.5 Å². The molecule has 1 aromatic rings. The summed E-state index contributed by atoms with van der Waals surface area (Å²) in [6, 6.07) is 7.49. The van der Waals surface area contributed by atoms with Gasteiger partial charge in [-0.1, -0.05) is 15.9 Å². The van der Waals surface area contributed by atoms with E-state index < -0.39 is 0 Å². The summed E-state index contributed by atoms with van der Waals surface area (Å²) in [5.41, 5.74) is 0. The van der Waals surface area contributed by atoms with Gasteiger partial charge in [0.15, 0.2) is 0 Å². The lowest BCUT2D eigenvalue weighted by molar-refractivity contribution is -0.152. The maximum atomic E-state index is 11.5. The number of hydrogen-bond acceptors (Lipinski definition) is 3. The van der Waals surface area contributed by atoms with Gasteiger partial charge in [0, 0.05) is 4.47 Å². The zero-order valence-corrected chi connectivity index (χ0v) is 11.9. The van der Waals surface area contributed by atoms with Crippen molar-refractivity contribution in [3.8, 4) is 5.75 Å². The third-order valence-electron chi connectivity index (χ3n) is 2.07. The lowest BCUT2D eigenvalue weighted by Gasteiger charge is -2.14. The van der Waals surface area contributed by atoms with Crippen LogP contribution in [0.4, 0.5) is 0 Å². The van der Waals surface area contributed by atoms with E-state index in [-0.39, 0.29) is 18.0 Å². The summed E-state index contributed by atoms with van der Waals surface area (Å²) < 4.78 is 11.6. The highest BCUT2D eigenvalue weighted by Crippen LogP contribution is 2.17. The van der Waals surface area contributed by atoms with E-state index in [2.05, 4.69) is 15.9 Å². The number of halogens is 1. The molecule has 0 amide bonds. The molecule has 0 fully saturated rings. The SMILES string of the molecule is CC(C)OC(=O)C(C)COc1ccc(Br)cc1. The van der Waals surface area contributed by atoms with Crippen molar-refractivity contribution in [3.63, 3.8) is 0 Å². The summed E-state index contributed by atoms with van der Waals surface area (Å²) in [5, 5.41) is 0. The average Bonchev–Trinajstić information content (AvgIpc) is 2.27. The molecule has 0 spiro atoms. The smallest absolute Gasteiger partial charge is 0.312 e. The van der Waals surface area contributed by atoms with Gasteiger partial charge in [-0.05, 0) is 45.0 Å². The third-order valence-corrected chi connectivity index (χ3v) is 2.60. The molecule has 0 heterocycles. The Labute approximate surface area is 110 Å². The van der Waals surface area contributed by atoms with Crippen molar-refractivity contribution in [1.29, 1.82) is 0 Å². The molecule has 0 aliphatic rings. The molecule has 3 nitrogen and oxygen atoms in total. The predicted molar refractivity (Wildman–Crippen MR) is 70.0 cm³/mol. The first kappa shape index (κ1) is 14.0. The molecule has 0 aromatic heterocycles. The number of carbonyl (C=O) groups is 1. The second kappa shape index (κ2) is 6.64. The first-order chi connectivity index (χ1) is 7.99. The van der Waals surface area contributed by atoms with E-state index in [0.717, 1.165) is 10.2 Å². The number of rotatable bonds is 5. The minimum absolute atomic E-state index is 0.0855. The van der Waals surface area contributed by atoms with Crippen molar-refractivity contribution >= 4 is 21.9 Å². The van der Waals surface area contributed by atoms with E-state index in [1.165, 1.54) is 0 Å². The van der Waals surface area contributed by atoms with Crippen LogP contribution in [0.25, 0.3) is 0 Å². The molecule has 94 valence electrons. The number of carbonyl (C=O) groups excluding carboxylic acids is 1. The molecule has 0 saturated carbocycles. The van der Waals surface area contributed by atoms with Gasteiger partial charge in [0.05, 0.1) is 12.0 Å². The first-order valence-electron chi connectivity index (χ1n) is 5.58. The van der Waals surface area contributed by atoms with Crippen LogP contribution in [-0.4, -0.2) is 18.7 Å². The van der Waals surface area contributed by atoms with E-state index in [4.69, 9.17) is 9.47 Å². The van der Waals surface area contributed by atoms with Crippen molar-refractivity contribution < 1.29 is 14.3 Å². The zero-order chi connectivity index (χ0) is 12.8. The normalized spacial score (nSPS) is 12.3. The maximum Gasteiger partial charge on any atom is 0.312 e. The molecule has 0 aliphatic heterocycles. The lowest BCUT2D eigenvalue weighted by Crippen LogP contribution is -2.23. The Kier molecular flexibility index (Phi) is 5.48. The first-order valence-corrected chi connectivity index (χ1v) is 6.37. The van der Waals surface area contributed by atoms with Crippen molar-refractivity contribution in [3.05, 3.63) is 28.7 Å². The van der Waals surface area contributed by atoms with E-state index in [9.17, 15) is 4.79 Å². The molecule has 1 unspecified atom stereocenters. The van der Waals surface area contributed by atoms with Gasteiger partial charge in [0.2, 0.25) is 0 Å². The fourth-order valence-corrected chi connectivity index (χ4v) is 1.43. The van der Waals surface area contributed by atoms with Crippen LogP contribution in [-0.2, 0) is 9.53 Å². The van der Waals surface area contributed by atoms with E-state index >= 15 is 0 Å². The number of hydrogen-bond donors (Lipinski definition) is 0. The highest BCUT2D eigenvalue weighted by molar-refractivity contribution is 9.10. The Morgan fingerprint density at radius 1 is 1.24 bits per heavy atom. The minimum atomic E-state index is -0.263. The summed E-state index contributed by atoms with van der Waals surface area (Å²) >= 11 is 3.35. The Morgan fingerprint density at radius 2 is 1.82 bits per heavy atom. The van der Waals surface area contributed by atoms with E-state index in [1.807, 2.05) is 38.1 Å². The molecule has 0 N–H and O–H groups in total. The average molecular weight is 301 g/mol. The van der Waals surface area contributed by atoms with Gasteiger partial charge in [-0.25, -0.2) is 0 Å². The Balaban J connectivity index is 2.40. The van der Waals surface area contributed by atoms with Crippen LogP contribution in [0.3, 0.4) is 0 Å². The third kappa shape index (κ3) is 5.22. The Morgan fingerprint density at radius 3 is 2.35 bits per heavy atom. The van der Waals surface area contributed by atoms with Crippen LogP contribution in [0.2, 0.25) is 0 Å². The van der Waals surface area contributed by atoms with Gasteiger partial charge in [0.1, 0.15) is 12.4 Å². The summed E-state index contributed by atoms with van der Waals surface area (Å²) in [7, 11) is 0. The van der Waals surface area contributed by atoms with Gasteiger partial charge in [0.25, 0.3) is 0 Å². The van der Waals surface area contributed by atoms with Gasteiger partial charge < -0.3 is 9.47 Å². The van der Waals surface area contributed by atoms with Crippen LogP contribution in [0.1, 0.15) is 20.8 Å². The van der Waals surface area contributed by atoms with Crippen LogP contribution >= 0.6 is 15.9 Å². The van der Waals surface area contributed by atoms with Crippen LogP contribution < -0.4 is 4.74 Å². The molecular weight excluding hydrogens is 284 g/mol. The molecule has 0 radical (unpaired) electrons. The standard InChI is InChI=1S/C13H17BrO3/c1-9(2)17-13(15)10(3)8-16-12-6-4-11(14)5-7-12/h4-7,9-10H,8H2,1-3H3. The monoisotopic (exact) mass is 300 g/mol. The molecule has 4 heteroatoms. The summed E-state index contributed by atoms with van der Waals surface area (Å²) in [6.45, 7) is 5.79. The molecule has 0 bridgehead atoms. The molecule has 1 rings (SSSR count). The number of esters is 1. The van der Waals surface area contributed by atoms with Crippen LogP contribution in [0.15, 0.2) is 28.7 Å². The van der Waals surface area contributed by atoms with Crippen molar-refractivity contribution in [1.82, 2.24) is 0 Å². The summed E-state index contributed by atoms with van der Waals surface area (Å²) in [4.78, 5) is 11.5. The second-order valence-corrected chi connectivity index (χ2v) is 5.07. The largest absolute Gasteiger partial charge is 0.493 e. The van der Waals surface area contributed by atoms with Crippen molar-refractivity contribution in [2.24, 2.45) is 5.92 Å². The van der Waals surface area contributed by atoms with Gasteiger partial charge in [-0.3, -0.25) is 4.79 Å². The minimum Gasteiger partial charge on any atom is -0.493 e. The molecule has 0 aliphatic carbocycles. The van der Waals surface area contributed by atoms with Gasteiger partial charge in [-0.15, -0.1) is 0 Å². The van der Waals surface area contributed by atoms with Crippen molar-refractivity contribution in [2.75, 3.05) is 6.61 Å².